The van der Waals surface area contributed by atoms with Gasteiger partial charge in [0, 0.05) is 20.1 Å². The second-order valence-corrected chi connectivity index (χ2v) is 6.76. The Morgan fingerprint density at radius 1 is 1.27 bits per heavy atom. The summed E-state index contributed by atoms with van der Waals surface area (Å²) in [6.45, 7) is 8.81. The predicted octanol–water partition coefficient (Wildman–Crippen LogP) is 1.96. The fourth-order valence-electron chi connectivity index (χ4n) is 1.82. The van der Waals surface area contributed by atoms with Crippen molar-refractivity contribution in [3.63, 3.8) is 0 Å². The van der Waals surface area contributed by atoms with Crippen LogP contribution in [0.3, 0.4) is 0 Å². The van der Waals surface area contributed by atoms with Gasteiger partial charge in [-0.2, -0.15) is 11.8 Å². The van der Waals surface area contributed by atoms with Crippen molar-refractivity contribution in [3.8, 4) is 0 Å². The largest absolute Gasteiger partial charge is 0.356 e. The molecule has 1 aromatic rings. The fraction of sp³-hybridized carbons (Fsp3) is 0.800. The number of nitrogens with one attached hydrogen (secondary N) is 2. The third kappa shape index (κ3) is 7.15. The van der Waals surface area contributed by atoms with Crippen molar-refractivity contribution in [3.05, 3.63) is 11.6 Å². The van der Waals surface area contributed by atoms with E-state index in [1.54, 1.807) is 0 Å². The average Bonchev–Trinajstić information content (AvgIpc) is 2.79. The molecular weight excluding hydrogens is 296 g/mol. The predicted molar refractivity (Wildman–Crippen MR) is 95.3 cm³/mol. The molecule has 0 atom stereocenters. The molecule has 7 heteroatoms. The SMILES string of the molecule is CSCCCNC(=NCc1nnc(C)n1C)NCCC(C)C. The number of aryl methyl sites for hydroxylation is 1. The van der Waals surface area contributed by atoms with Crippen LogP contribution in [0.15, 0.2) is 4.99 Å². The van der Waals surface area contributed by atoms with E-state index in [2.05, 4.69) is 45.9 Å². The summed E-state index contributed by atoms with van der Waals surface area (Å²) < 4.78 is 1.98. The van der Waals surface area contributed by atoms with Crippen LogP contribution in [0, 0.1) is 12.8 Å². The first-order chi connectivity index (χ1) is 10.5. The molecule has 1 aromatic heterocycles. The second-order valence-electron chi connectivity index (χ2n) is 5.77. The monoisotopic (exact) mass is 326 g/mol. The van der Waals surface area contributed by atoms with Crippen molar-refractivity contribution in [1.29, 1.82) is 0 Å². The standard InChI is InChI=1S/C15H30N6S/c1-12(2)7-9-17-15(16-8-6-10-22-5)18-11-14-20-19-13(3)21(14)4/h12H,6-11H2,1-5H3,(H2,16,17,18). The Morgan fingerprint density at radius 3 is 2.59 bits per heavy atom. The topological polar surface area (TPSA) is 67.1 Å². The normalized spacial score (nSPS) is 12.0. The van der Waals surface area contributed by atoms with Gasteiger partial charge in [0.2, 0.25) is 0 Å². The molecule has 1 rings (SSSR count). The molecule has 1 heterocycles. The number of aromatic nitrogens is 3. The van der Waals surface area contributed by atoms with Crippen LogP contribution in [0.2, 0.25) is 0 Å². The quantitative estimate of drug-likeness (QED) is 0.412. The lowest BCUT2D eigenvalue weighted by atomic mass is 10.1. The van der Waals surface area contributed by atoms with E-state index in [0.717, 1.165) is 49.3 Å². The number of hydrogen-bond donors (Lipinski definition) is 2. The molecule has 0 saturated heterocycles. The molecule has 0 bridgehead atoms. The maximum absolute atomic E-state index is 4.63. The number of aliphatic imine (C=N–C) groups is 1. The number of thioether (sulfide) groups is 1. The van der Waals surface area contributed by atoms with E-state index in [1.165, 1.54) is 0 Å². The zero-order valence-corrected chi connectivity index (χ0v) is 15.3. The van der Waals surface area contributed by atoms with Crippen molar-refractivity contribution in [2.75, 3.05) is 25.1 Å². The van der Waals surface area contributed by atoms with Gasteiger partial charge >= 0.3 is 0 Å². The highest BCUT2D eigenvalue weighted by Gasteiger charge is 2.05. The summed E-state index contributed by atoms with van der Waals surface area (Å²) in [5.74, 6) is 4.50. The Morgan fingerprint density at radius 2 is 2.00 bits per heavy atom. The molecule has 2 N–H and O–H groups in total. The highest BCUT2D eigenvalue weighted by Crippen LogP contribution is 2.00. The molecule has 0 radical (unpaired) electrons. The lowest BCUT2D eigenvalue weighted by Crippen LogP contribution is -2.39. The van der Waals surface area contributed by atoms with Crippen molar-refractivity contribution >= 4 is 17.7 Å². The van der Waals surface area contributed by atoms with Gasteiger partial charge in [-0.1, -0.05) is 13.8 Å². The summed E-state index contributed by atoms with van der Waals surface area (Å²) in [7, 11) is 1.97. The van der Waals surface area contributed by atoms with Gasteiger partial charge in [0.1, 0.15) is 12.4 Å². The van der Waals surface area contributed by atoms with Gasteiger partial charge < -0.3 is 15.2 Å². The molecule has 0 aliphatic heterocycles. The number of hydrogen-bond acceptors (Lipinski definition) is 4. The van der Waals surface area contributed by atoms with Crippen LogP contribution in [-0.4, -0.2) is 45.8 Å². The van der Waals surface area contributed by atoms with Gasteiger partial charge in [-0.15, -0.1) is 10.2 Å². The van der Waals surface area contributed by atoms with Crippen molar-refractivity contribution in [1.82, 2.24) is 25.4 Å². The molecule has 0 spiro atoms. The van der Waals surface area contributed by atoms with Gasteiger partial charge in [0.25, 0.3) is 0 Å². The van der Waals surface area contributed by atoms with Crippen LogP contribution < -0.4 is 10.6 Å². The smallest absolute Gasteiger partial charge is 0.191 e. The third-order valence-electron chi connectivity index (χ3n) is 3.39. The summed E-state index contributed by atoms with van der Waals surface area (Å²) in [6.07, 6.45) is 4.40. The highest BCUT2D eigenvalue weighted by atomic mass is 32.2. The van der Waals surface area contributed by atoms with Gasteiger partial charge in [0.05, 0.1) is 0 Å². The maximum Gasteiger partial charge on any atom is 0.191 e. The summed E-state index contributed by atoms with van der Waals surface area (Å²) in [5, 5.41) is 15.0. The Kier molecular flexibility index (Phi) is 8.96. The molecule has 0 aliphatic rings. The number of guanidine groups is 1. The molecule has 0 aromatic carbocycles. The molecule has 0 aliphatic carbocycles. The molecule has 0 fully saturated rings. The van der Waals surface area contributed by atoms with Crippen LogP contribution >= 0.6 is 11.8 Å². The lowest BCUT2D eigenvalue weighted by molar-refractivity contribution is 0.572. The van der Waals surface area contributed by atoms with E-state index >= 15 is 0 Å². The molecular formula is C15H30N6S. The van der Waals surface area contributed by atoms with Crippen LogP contribution in [0.25, 0.3) is 0 Å². The number of nitrogens with zero attached hydrogens (tertiary/aromatic N) is 4. The summed E-state index contributed by atoms with van der Waals surface area (Å²) >= 11 is 1.87. The van der Waals surface area contributed by atoms with Crippen molar-refractivity contribution < 1.29 is 0 Å². The number of rotatable bonds is 9. The Hall–Kier alpha value is -1.24. The third-order valence-corrected chi connectivity index (χ3v) is 4.09. The average molecular weight is 327 g/mol. The van der Waals surface area contributed by atoms with Crippen LogP contribution in [0.4, 0.5) is 0 Å². The van der Waals surface area contributed by atoms with E-state index in [0.29, 0.717) is 12.5 Å². The lowest BCUT2D eigenvalue weighted by Gasteiger charge is -2.13. The van der Waals surface area contributed by atoms with Crippen LogP contribution in [-0.2, 0) is 13.6 Å². The minimum Gasteiger partial charge on any atom is -0.356 e. The Labute approximate surface area is 138 Å². The molecule has 22 heavy (non-hydrogen) atoms. The van der Waals surface area contributed by atoms with Gasteiger partial charge in [-0.3, -0.25) is 0 Å². The zero-order valence-electron chi connectivity index (χ0n) is 14.5. The summed E-state index contributed by atoms with van der Waals surface area (Å²) in [5.41, 5.74) is 0. The maximum atomic E-state index is 4.63. The van der Waals surface area contributed by atoms with E-state index in [1.807, 2.05) is 30.3 Å². The minimum atomic E-state index is 0.539. The van der Waals surface area contributed by atoms with Gasteiger partial charge in [0.15, 0.2) is 11.8 Å². The minimum absolute atomic E-state index is 0.539. The van der Waals surface area contributed by atoms with Gasteiger partial charge in [-0.25, -0.2) is 4.99 Å². The Balaban J connectivity index is 2.54. The van der Waals surface area contributed by atoms with Crippen molar-refractivity contribution in [2.45, 2.75) is 40.2 Å². The first kappa shape index (κ1) is 18.8. The van der Waals surface area contributed by atoms with Crippen molar-refractivity contribution in [2.24, 2.45) is 18.0 Å². The molecule has 0 unspecified atom stereocenters. The van der Waals surface area contributed by atoms with Gasteiger partial charge in [-0.05, 0) is 37.7 Å². The summed E-state index contributed by atoms with van der Waals surface area (Å²) in [6, 6.07) is 0. The Bertz CT molecular complexity index is 455. The second kappa shape index (κ2) is 10.5. The summed E-state index contributed by atoms with van der Waals surface area (Å²) in [4.78, 5) is 4.63. The molecule has 126 valence electrons. The van der Waals surface area contributed by atoms with E-state index in [4.69, 9.17) is 0 Å². The van der Waals surface area contributed by atoms with E-state index in [9.17, 15) is 0 Å². The fourth-order valence-corrected chi connectivity index (χ4v) is 2.25. The first-order valence-electron chi connectivity index (χ1n) is 7.90. The van der Waals surface area contributed by atoms with Crippen LogP contribution in [0.1, 0.15) is 38.3 Å². The van der Waals surface area contributed by atoms with E-state index < -0.39 is 0 Å². The molecule has 0 saturated carbocycles. The highest BCUT2D eigenvalue weighted by molar-refractivity contribution is 7.98. The van der Waals surface area contributed by atoms with Crippen LogP contribution in [0.5, 0.6) is 0 Å². The first-order valence-corrected chi connectivity index (χ1v) is 9.30. The molecule has 0 amide bonds. The molecule has 6 nitrogen and oxygen atoms in total. The zero-order chi connectivity index (χ0) is 16.4. The van der Waals surface area contributed by atoms with E-state index in [-0.39, 0.29) is 0 Å².